The minimum Gasteiger partial charge on any atom is -0.484 e. The molecule has 3 nitrogen and oxygen atoms in total. The summed E-state index contributed by atoms with van der Waals surface area (Å²) in [6.45, 7) is 11.1. The van der Waals surface area contributed by atoms with E-state index in [1.165, 1.54) is 0 Å². The zero-order chi connectivity index (χ0) is 17.0. The summed E-state index contributed by atoms with van der Waals surface area (Å²) < 4.78 is 6.39. The van der Waals surface area contributed by atoms with Crippen molar-refractivity contribution < 1.29 is 14.6 Å². The third-order valence-electron chi connectivity index (χ3n) is 7.00. The van der Waals surface area contributed by atoms with Crippen LogP contribution in [0.1, 0.15) is 47.5 Å². The molecule has 3 rings (SSSR count). The third-order valence-corrected chi connectivity index (χ3v) is 7.00. The Hall–Kier alpha value is -1.09. The Morgan fingerprint density at radius 3 is 2.74 bits per heavy atom. The molecule has 1 saturated carbocycles. The van der Waals surface area contributed by atoms with Gasteiger partial charge in [-0.15, -0.1) is 0 Å². The number of aliphatic hydroxyl groups excluding tert-OH is 1. The van der Waals surface area contributed by atoms with Crippen molar-refractivity contribution in [3.63, 3.8) is 0 Å². The van der Waals surface area contributed by atoms with Crippen molar-refractivity contribution in [2.24, 2.45) is 35.0 Å². The van der Waals surface area contributed by atoms with Crippen LogP contribution in [-0.2, 0) is 9.53 Å². The predicted octanol–water partition coefficient (Wildman–Crippen LogP) is 3.73. The van der Waals surface area contributed by atoms with Gasteiger partial charge in [-0.05, 0) is 36.2 Å². The topological polar surface area (TPSA) is 46.5 Å². The monoisotopic (exact) mass is 318 g/mol. The molecule has 8 atom stereocenters. The Labute approximate surface area is 139 Å². The first kappa shape index (κ1) is 16.8. The Balaban J connectivity index is 2.20. The Morgan fingerprint density at radius 1 is 1.43 bits per heavy atom. The molecule has 23 heavy (non-hydrogen) atoms. The number of hydrogen-bond donors (Lipinski definition) is 1. The summed E-state index contributed by atoms with van der Waals surface area (Å²) in [5.74, 6) is 2.49. The van der Waals surface area contributed by atoms with Crippen LogP contribution in [0.4, 0.5) is 0 Å². The minimum atomic E-state index is -0.662. The summed E-state index contributed by atoms with van der Waals surface area (Å²) in [6.07, 6.45) is 8.37. The molecule has 0 radical (unpaired) electrons. The van der Waals surface area contributed by atoms with Crippen molar-refractivity contribution >= 4 is 6.29 Å². The van der Waals surface area contributed by atoms with Crippen molar-refractivity contribution in [1.29, 1.82) is 0 Å². The molecule has 0 aromatic heterocycles. The Kier molecular flexibility index (Phi) is 3.99. The molecule has 1 N–H and O–H groups in total. The standard InChI is InChI=1S/C20H30O3/c1-6-12(2)15-7-9-20-17(13(3)11-14(4)18(20)22)19(15,5)16(23-20)8-10-21/h7-10,12-15,17-18,22H,6,11H2,1-5H3/b16-8-/t12?,13?,14-,15+,17+,18+,19+,20+/m0/s1. The molecular formula is C20H30O3. The van der Waals surface area contributed by atoms with Crippen LogP contribution < -0.4 is 0 Å². The van der Waals surface area contributed by atoms with E-state index in [0.29, 0.717) is 17.8 Å². The van der Waals surface area contributed by atoms with Gasteiger partial charge in [0.1, 0.15) is 18.1 Å². The smallest absolute Gasteiger partial charge is 0.157 e. The summed E-state index contributed by atoms with van der Waals surface area (Å²) in [4.78, 5) is 11.2. The second-order valence-corrected chi connectivity index (χ2v) is 8.29. The normalized spacial score (nSPS) is 51.2. The predicted molar refractivity (Wildman–Crippen MR) is 90.6 cm³/mol. The van der Waals surface area contributed by atoms with Gasteiger partial charge in [-0.3, -0.25) is 4.79 Å². The fraction of sp³-hybridized carbons (Fsp3) is 0.750. The number of hydrogen-bond acceptors (Lipinski definition) is 3. The van der Waals surface area contributed by atoms with Gasteiger partial charge in [0.05, 0.1) is 0 Å². The van der Waals surface area contributed by atoms with Crippen LogP contribution in [-0.4, -0.2) is 23.1 Å². The largest absolute Gasteiger partial charge is 0.484 e. The fourth-order valence-corrected chi connectivity index (χ4v) is 5.93. The van der Waals surface area contributed by atoms with Gasteiger partial charge in [0.25, 0.3) is 0 Å². The van der Waals surface area contributed by atoms with Crippen molar-refractivity contribution in [3.8, 4) is 0 Å². The Morgan fingerprint density at radius 2 is 2.13 bits per heavy atom. The zero-order valence-corrected chi connectivity index (χ0v) is 15.0. The molecule has 0 aromatic carbocycles. The van der Waals surface area contributed by atoms with Gasteiger partial charge in [0.15, 0.2) is 5.60 Å². The highest BCUT2D eigenvalue weighted by Crippen LogP contribution is 2.67. The molecule has 3 heteroatoms. The molecular weight excluding hydrogens is 288 g/mol. The fourth-order valence-electron chi connectivity index (χ4n) is 5.93. The van der Waals surface area contributed by atoms with Gasteiger partial charge < -0.3 is 9.84 Å². The van der Waals surface area contributed by atoms with Gasteiger partial charge in [0.2, 0.25) is 0 Å². The number of carbonyl (C=O) groups is 1. The second kappa shape index (κ2) is 5.47. The molecule has 1 saturated heterocycles. The van der Waals surface area contributed by atoms with E-state index in [4.69, 9.17) is 4.74 Å². The number of aldehydes is 1. The molecule has 0 spiro atoms. The first-order valence-electron chi connectivity index (χ1n) is 9.05. The van der Waals surface area contributed by atoms with Crippen LogP contribution >= 0.6 is 0 Å². The Bertz CT molecular complexity index is 551. The SMILES string of the molecule is CCC(C)[C@H]1C=C[C@@]23O/C(=C\C=O)[C@]1(C)[C@H]2C(C)C[C@H](C)[C@H]3O. The molecule has 2 bridgehead atoms. The number of rotatable bonds is 3. The summed E-state index contributed by atoms with van der Waals surface area (Å²) in [6, 6.07) is 0. The quantitative estimate of drug-likeness (QED) is 0.490. The highest BCUT2D eigenvalue weighted by molar-refractivity contribution is 5.66. The maximum Gasteiger partial charge on any atom is 0.157 e. The van der Waals surface area contributed by atoms with Crippen LogP contribution in [0, 0.1) is 35.0 Å². The first-order valence-corrected chi connectivity index (χ1v) is 9.05. The maximum absolute atomic E-state index is 11.2. The molecule has 1 heterocycles. The lowest BCUT2D eigenvalue weighted by atomic mass is 9.49. The summed E-state index contributed by atoms with van der Waals surface area (Å²) in [5, 5.41) is 11.0. The summed E-state index contributed by atoms with van der Waals surface area (Å²) in [5.41, 5.74) is -0.879. The highest BCUT2D eigenvalue weighted by Gasteiger charge is 2.69. The number of ether oxygens (including phenoxy) is 1. The van der Waals surface area contributed by atoms with Crippen molar-refractivity contribution in [1.82, 2.24) is 0 Å². The van der Waals surface area contributed by atoms with Gasteiger partial charge in [-0.25, -0.2) is 0 Å². The van der Waals surface area contributed by atoms with E-state index in [0.717, 1.165) is 24.9 Å². The van der Waals surface area contributed by atoms with E-state index in [9.17, 15) is 9.90 Å². The third kappa shape index (κ3) is 2.02. The van der Waals surface area contributed by atoms with Crippen molar-refractivity contribution in [2.45, 2.75) is 59.2 Å². The van der Waals surface area contributed by atoms with Crippen LogP contribution in [0.2, 0.25) is 0 Å². The average Bonchev–Trinajstić information content (AvgIpc) is 2.69. The molecule has 0 aromatic rings. The van der Waals surface area contributed by atoms with Crippen LogP contribution in [0.25, 0.3) is 0 Å². The number of allylic oxidation sites excluding steroid dienone is 3. The molecule has 3 aliphatic rings. The van der Waals surface area contributed by atoms with Crippen molar-refractivity contribution in [2.75, 3.05) is 0 Å². The summed E-state index contributed by atoms with van der Waals surface area (Å²) in [7, 11) is 0. The first-order chi connectivity index (χ1) is 10.8. The van der Waals surface area contributed by atoms with Gasteiger partial charge in [-0.2, -0.15) is 0 Å². The summed E-state index contributed by atoms with van der Waals surface area (Å²) >= 11 is 0. The molecule has 1 aliphatic heterocycles. The van der Waals surface area contributed by atoms with E-state index >= 15 is 0 Å². The minimum absolute atomic E-state index is 0.200. The lowest BCUT2D eigenvalue weighted by molar-refractivity contribution is -0.136. The van der Waals surface area contributed by atoms with E-state index in [-0.39, 0.29) is 17.3 Å². The van der Waals surface area contributed by atoms with E-state index < -0.39 is 11.7 Å². The van der Waals surface area contributed by atoms with E-state index in [1.54, 1.807) is 6.08 Å². The van der Waals surface area contributed by atoms with Crippen LogP contribution in [0.15, 0.2) is 24.0 Å². The van der Waals surface area contributed by atoms with E-state index in [1.807, 2.05) is 0 Å². The lowest BCUT2D eigenvalue weighted by Gasteiger charge is -2.53. The number of carbonyl (C=O) groups excluding carboxylic acids is 1. The van der Waals surface area contributed by atoms with Crippen molar-refractivity contribution in [3.05, 3.63) is 24.0 Å². The second-order valence-electron chi connectivity index (χ2n) is 8.29. The van der Waals surface area contributed by atoms with Gasteiger partial charge >= 0.3 is 0 Å². The highest BCUT2D eigenvalue weighted by atomic mass is 16.5. The van der Waals surface area contributed by atoms with E-state index in [2.05, 4.69) is 46.8 Å². The lowest BCUT2D eigenvalue weighted by Crippen LogP contribution is -2.60. The molecule has 128 valence electrons. The van der Waals surface area contributed by atoms with Crippen LogP contribution in [0.3, 0.4) is 0 Å². The molecule has 2 fully saturated rings. The average molecular weight is 318 g/mol. The molecule has 0 amide bonds. The number of aliphatic hydroxyl groups is 1. The molecule has 2 aliphatic carbocycles. The zero-order valence-electron chi connectivity index (χ0n) is 15.0. The molecule has 2 unspecified atom stereocenters. The van der Waals surface area contributed by atoms with Gasteiger partial charge in [0, 0.05) is 17.4 Å². The maximum atomic E-state index is 11.2. The van der Waals surface area contributed by atoms with Crippen LogP contribution in [0.5, 0.6) is 0 Å². The van der Waals surface area contributed by atoms with Gasteiger partial charge in [-0.1, -0.05) is 47.1 Å².